The van der Waals surface area contributed by atoms with Crippen LogP contribution >= 0.6 is 11.8 Å². The van der Waals surface area contributed by atoms with E-state index in [1.165, 1.54) is 16.2 Å². The third-order valence-electron chi connectivity index (χ3n) is 4.57. The number of amides is 1. The Bertz CT molecular complexity index is 738. The van der Waals surface area contributed by atoms with Crippen molar-refractivity contribution in [3.63, 3.8) is 0 Å². The fourth-order valence-electron chi connectivity index (χ4n) is 3.19. The summed E-state index contributed by atoms with van der Waals surface area (Å²) in [6.45, 7) is 6.17. The summed E-state index contributed by atoms with van der Waals surface area (Å²) in [5, 5.41) is 7.64. The molecule has 1 aromatic carbocycles. The van der Waals surface area contributed by atoms with Crippen molar-refractivity contribution in [3.05, 3.63) is 46.8 Å². The van der Waals surface area contributed by atoms with Gasteiger partial charge in [0.05, 0.1) is 11.6 Å². The average molecular weight is 329 g/mol. The highest BCUT2D eigenvalue weighted by Gasteiger charge is 2.29. The molecule has 0 radical (unpaired) electrons. The van der Waals surface area contributed by atoms with Crippen LogP contribution in [0.1, 0.15) is 35.4 Å². The highest BCUT2D eigenvalue weighted by atomic mass is 32.2. The number of benzene rings is 1. The Kier molecular flexibility index (Phi) is 4.48. The van der Waals surface area contributed by atoms with Crippen molar-refractivity contribution in [3.8, 4) is 0 Å². The summed E-state index contributed by atoms with van der Waals surface area (Å²) >= 11 is 1.77. The van der Waals surface area contributed by atoms with E-state index in [1.54, 1.807) is 11.8 Å². The first kappa shape index (κ1) is 16.1. The van der Waals surface area contributed by atoms with E-state index in [0.717, 1.165) is 23.4 Å². The van der Waals surface area contributed by atoms with Gasteiger partial charge in [0.2, 0.25) is 5.91 Å². The van der Waals surface area contributed by atoms with E-state index in [4.69, 9.17) is 0 Å². The maximum absolute atomic E-state index is 12.6. The minimum atomic E-state index is -0.0326. The van der Waals surface area contributed by atoms with Crippen molar-refractivity contribution in [1.82, 2.24) is 15.1 Å². The highest BCUT2D eigenvalue weighted by Crippen LogP contribution is 2.39. The Hall–Kier alpha value is -1.75. The summed E-state index contributed by atoms with van der Waals surface area (Å²) in [5.74, 6) is 0.937. The number of fused-ring (bicyclic) bond motifs is 1. The topological polar surface area (TPSA) is 46.9 Å². The maximum atomic E-state index is 12.6. The molecule has 1 aliphatic heterocycles. The quantitative estimate of drug-likeness (QED) is 0.938. The second-order valence-electron chi connectivity index (χ2n) is 6.29. The molecule has 1 N–H and O–H groups in total. The smallest absolute Gasteiger partial charge is 0.228 e. The number of rotatable bonds is 4. The SMILES string of the molecule is Cc1nn(C)c(C)c1C[C@@H](C)NC(=O)[C@H]1CSc2ccccc21. The number of carbonyl (C=O) groups excluding carboxylic acids is 1. The molecule has 1 amide bonds. The van der Waals surface area contributed by atoms with E-state index in [9.17, 15) is 4.79 Å². The third kappa shape index (κ3) is 3.15. The summed E-state index contributed by atoms with van der Waals surface area (Å²) in [6, 6.07) is 8.31. The first-order valence-corrected chi connectivity index (χ1v) is 8.97. The van der Waals surface area contributed by atoms with Crippen LogP contribution in [-0.2, 0) is 18.3 Å². The number of carbonyl (C=O) groups is 1. The molecule has 1 aromatic heterocycles. The van der Waals surface area contributed by atoms with Crippen LogP contribution < -0.4 is 5.32 Å². The molecule has 2 aromatic rings. The van der Waals surface area contributed by atoms with Crippen LogP contribution in [0.15, 0.2) is 29.2 Å². The molecular formula is C18H23N3OS. The summed E-state index contributed by atoms with van der Waals surface area (Å²) in [4.78, 5) is 13.9. The molecule has 1 aliphatic rings. The highest BCUT2D eigenvalue weighted by molar-refractivity contribution is 7.99. The molecule has 23 heavy (non-hydrogen) atoms. The molecule has 122 valence electrons. The molecular weight excluding hydrogens is 306 g/mol. The van der Waals surface area contributed by atoms with Crippen LogP contribution in [0.25, 0.3) is 0 Å². The molecule has 0 spiro atoms. The van der Waals surface area contributed by atoms with Gasteiger partial charge in [-0.2, -0.15) is 5.10 Å². The molecule has 0 unspecified atom stereocenters. The first-order chi connectivity index (χ1) is 11.0. The van der Waals surface area contributed by atoms with E-state index < -0.39 is 0 Å². The van der Waals surface area contributed by atoms with Gasteiger partial charge in [-0.05, 0) is 44.4 Å². The van der Waals surface area contributed by atoms with Crippen LogP contribution in [-0.4, -0.2) is 27.5 Å². The van der Waals surface area contributed by atoms with E-state index in [2.05, 4.69) is 36.4 Å². The van der Waals surface area contributed by atoms with Gasteiger partial charge >= 0.3 is 0 Å². The van der Waals surface area contributed by atoms with Gasteiger partial charge < -0.3 is 5.32 Å². The number of nitrogens with zero attached hydrogens (tertiary/aromatic N) is 2. The Morgan fingerprint density at radius 1 is 1.43 bits per heavy atom. The fraction of sp³-hybridized carbons (Fsp3) is 0.444. The van der Waals surface area contributed by atoms with Crippen LogP contribution in [0.2, 0.25) is 0 Å². The second-order valence-corrected chi connectivity index (χ2v) is 7.35. The summed E-state index contributed by atoms with van der Waals surface area (Å²) in [6.07, 6.45) is 0.818. The van der Waals surface area contributed by atoms with E-state index >= 15 is 0 Å². The molecule has 2 heterocycles. The Balaban J connectivity index is 1.67. The largest absolute Gasteiger partial charge is 0.353 e. The van der Waals surface area contributed by atoms with Crippen molar-refractivity contribution in [2.75, 3.05) is 5.75 Å². The van der Waals surface area contributed by atoms with Gasteiger partial charge in [-0.15, -0.1) is 11.8 Å². The minimum Gasteiger partial charge on any atom is -0.353 e. The number of thioether (sulfide) groups is 1. The van der Waals surface area contributed by atoms with Crippen LogP contribution in [0.3, 0.4) is 0 Å². The Morgan fingerprint density at radius 3 is 2.87 bits per heavy atom. The fourth-order valence-corrected chi connectivity index (χ4v) is 4.42. The second kappa shape index (κ2) is 6.40. The number of hydrogen-bond acceptors (Lipinski definition) is 3. The minimum absolute atomic E-state index is 0.0326. The number of nitrogens with one attached hydrogen (secondary N) is 1. The van der Waals surface area contributed by atoms with Crippen LogP contribution in [0.4, 0.5) is 0 Å². The third-order valence-corrected chi connectivity index (χ3v) is 5.76. The lowest BCUT2D eigenvalue weighted by Gasteiger charge is -2.18. The lowest BCUT2D eigenvalue weighted by atomic mass is 9.99. The molecule has 0 bridgehead atoms. The summed E-state index contributed by atoms with van der Waals surface area (Å²) < 4.78 is 1.91. The van der Waals surface area contributed by atoms with Gasteiger partial charge in [0.15, 0.2) is 0 Å². The molecule has 0 aliphatic carbocycles. The van der Waals surface area contributed by atoms with Crippen molar-refractivity contribution >= 4 is 17.7 Å². The van der Waals surface area contributed by atoms with Gasteiger partial charge in [-0.1, -0.05) is 18.2 Å². The first-order valence-electron chi connectivity index (χ1n) is 7.98. The summed E-state index contributed by atoms with van der Waals surface area (Å²) in [5.41, 5.74) is 4.62. The lowest BCUT2D eigenvalue weighted by molar-refractivity contribution is -0.122. The maximum Gasteiger partial charge on any atom is 0.228 e. The van der Waals surface area contributed by atoms with Crippen molar-refractivity contribution in [2.45, 2.75) is 44.0 Å². The van der Waals surface area contributed by atoms with E-state index in [-0.39, 0.29) is 17.9 Å². The average Bonchev–Trinajstić information content (AvgIpc) is 3.04. The molecule has 0 saturated heterocycles. The molecule has 3 rings (SSSR count). The zero-order valence-electron chi connectivity index (χ0n) is 14.1. The lowest BCUT2D eigenvalue weighted by Crippen LogP contribution is -2.37. The Morgan fingerprint density at radius 2 is 2.17 bits per heavy atom. The zero-order valence-corrected chi connectivity index (χ0v) is 14.9. The predicted octanol–water partition coefficient (Wildman–Crippen LogP) is 2.97. The van der Waals surface area contributed by atoms with E-state index in [1.807, 2.05) is 30.8 Å². The van der Waals surface area contributed by atoms with Crippen molar-refractivity contribution in [1.29, 1.82) is 0 Å². The zero-order chi connectivity index (χ0) is 16.6. The van der Waals surface area contributed by atoms with Gasteiger partial charge in [0.25, 0.3) is 0 Å². The number of hydrogen-bond donors (Lipinski definition) is 1. The van der Waals surface area contributed by atoms with Gasteiger partial charge in [0, 0.05) is 29.4 Å². The Labute approximate surface area is 141 Å². The number of aryl methyl sites for hydroxylation is 2. The summed E-state index contributed by atoms with van der Waals surface area (Å²) in [7, 11) is 1.96. The molecule has 4 nitrogen and oxygen atoms in total. The molecule has 0 saturated carbocycles. The predicted molar refractivity (Wildman–Crippen MR) is 93.9 cm³/mol. The van der Waals surface area contributed by atoms with Crippen LogP contribution in [0.5, 0.6) is 0 Å². The normalized spacial score (nSPS) is 17.8. The molecule has 0 fully saturated rings. The van der Waals surface area contributed by atoms with Crippen molar-refractivity contribution in [2.24, 2.45) is 7.05 Å². The van der Waals surface area contributed by atoms with Crippen LogP contribution in [0, 0.1) is 13.8 Å². The number of aromatic nitrogens is 2. The van der Waals surface area contributed by atoms with E-state index in [0.29, 0.717) is 0 Å². The van der Waals surface area contributed by atoms with Gasteiger partial charge in [-0.25, -0.2) is 0 Å². The van der Waals surface area contributed by atoms with Gasteiger partial charge in [-0.3, -0.25) is 9.48 Å². The molecule has 5 heteroatoms. The molecule has 2 atom stereocenters. The monoisotopic (exact) mass is 329 g/mol. The van der Waals surface area contributed by atoms with Gasteiger partial charge in [0.1, 0.15) is 0 Å². The van der Waals surface area contributed by atoms with Crippen molar-refractivity contribution < 1.29 is 4.79 Å². The standard InChI is InChI=1S/C18H23N3OS/c1-11(9-15-12(2)20-21(4)13(15)3)19-18(22)16-10-23-17-8-6-5-7-14(16)17/h5-8,11,16H,9-10H2,1-4H3,(H,19,22)/t11-,16+/m1/s1.